The van der Waals surface area contributed by atoms with Crippen molar-refractivity contribution in [2.24, 2.45) is 0 Å². The summed E-state index contributed by atoms with van der Waals surface area (Å²) in [5.74, 6) is 0. The van der Waals surface area contributed by atoms with E-state index in [2.05, 4.69) is 14.9 Å². The zero-order chi connectivity index (χ0) is 9.19. The molecule has 0 spiro atoms. The molecule has 2 N–H and O–H groups in total. The molecule has 0 aliphatic rings. The molecule has 0 bridgehead atoms. The van der Waals surface area contributed by atoms with Gasteiger partial charge in [-0.05, 0) is 20.0 Å². The van der Waals surface area contributed by atoms with Crippen molar-refractivity contribution in [3.05, 3.63) is 18.0 Å². The number of hydrogen-bond donors (Lipinski definition) is 2. The maximum absolute atomic E-state index is 11.2. The number of aromatic amines is 1. The Kier molecular flexibility index (Phi) is 2.49. The first-order chi connectivity index (χ1) is 5.58. The van der Waals surface area contributed by atoms with Gasteiger partial charge in [-0.1, -0.05) is 0 Å². The van der Waals surface area contributed by atoms with E-state index in [9.17, 15) is 8.42 Å². The number of hydrogen-bond acceptors (Lipinski definition) is 3. The van der Waals surface area contributed by atoms with E-state index >= 15 is 0 Å². The molecule has 1 unspecified atom stereocenters. The lowest BCUT2D eigenvalue weighted by molar-refractivity contribution is 0.576. The zero-order valence-electron chi connectivity index (χ0n) is 6.90. The van der Waals surface area contributed by atoms with Crippen molar-refractivity contribution in [1.82, 2.24) is 14.9 Å². The van der Waals surface area contributed by atoms with E-state index in [0.717, 1.165) is 0 Å². The predicted octanol–water partition coefficient (Wildman–Crippen LogP) is 0.0199. The predicted molar refractivity (Wildman–Crippen MR) is 45.0 cm³/mol. The minimum absolute atomic E-state index is 0.587. The molecule has 5 nitrogen and oxygen atoms in total. The van der Waals surface area contributed by atoms with Crippen LogP contribution >= 0.6 is 0 Å². The van der Waals surface area contributed by atoms with E-state index in [1.165, 1.54) is 13.2 Å². The van der Waals surface area contributed by atoms with Crippen molar-refractivity contribution in [3.8, 4) is 0 Å². The molecular formula is C6H11N3O2S. The monoisotopic (exact) mass is 189 g/mol. The fourth-order valence-electron chi connectivity index (χ4n) is 0.837. The third-order valence-corrected chi connectivity index (χ3v) is 3.46. The summed E-state index contributed by atoms with van der Waals surface area (Å²) in [7, 11) is -1.85. The maximum Gasteiger partial charge on any atom is 0.219 e. The van der Waals surface area contributed by atoms with Crippen LogP contribution < -0.4 is 4.72 Å². The number of sulfonamides is 1. The lowest BCUT2D eigenvalue weighted by Gasteiger charge is -2.08. The summed E-state index contributed by atoms with van der Waals surface area (Å²) in [6, 6.07) is 1.64. The fourth-order valence-corrected chi connectivity index (χ4v) is 1.66. The molecule has 0 radical (unpaired) electrons. The van der Waals surface area contributed by atoms with Crippen LogP contribution in [0.2, 0.25) is 0 Å². The number of H-pyrrole nitrogens is 1. The molecule has 1 rings (SSSR count). The highest BCUT2D eigenvalue weighted by molar-refractivity contribution is 7.89. The summed E-state index contributed by atoms with van der Waals surface area (Å²) in [5, 5.41) is 5.69. The summed E-state index contributed by atoms with van der Waals surface area (Å²) in [5.41, 5.74) is 0.587. The van der Waals surface area contributed by atoms with Gasteiger partial charge in [-0.3, -0.25) is 5.10 Å². The van der Waals surface area contributed by atoms with Crippen LogP contribution in [0.1, 0.15) is 17.9 Å². The lowest BCUT2D eigenvalue weighted by atomic mass is 10.3. The molecule has 68 valence electrons. The minimum Gasteiger partial charge on any atom is -0.281 e. The Morgan fingerprint density at radius 1 is 1.67 bits per heavy atom. The molecule has 0 aromatic carbocycles. The largest absolute Gasteiger partial charge is 0.281 e. The van der Waals surface area contributed by atoms with Crippen molar-refractivity contribution in [1.29, 1.82) is 0 Å². The molecule has 6 heteroatoms. The van der Waals surface area contributed by atoms with E-state index < -0.39 is 15.3 Å². The van der Waals surface area contributed by atoms with Crippen molar-refractivity contribution >= 4 is 10.0 Å². The average molecular weight is 189 g/mol. The van der Waals surface area contributed by atoms with Crippen LogP contribution in [-0.4, -0.2) is 25.7 Å². The Labute approximate surface area is 71.2 Å². The molecule has 1 aromatic rings. The second-order valence-electron chi connectivity index (χ2n) is 2.40. The number of nitrogens with one attached hydrogen (secondary N) is 2. The molecule has 0 amide bonds. The van der Waals surface area contributed by atoms with Gasteiger partial charge in [0.15, 0.2) is 0 Å². The van der Waals surface area contributed by atoms with Gasteiger partial charge in [0.1, 0.15) is 5.25 Å². The Balaban J connectivity index is 2.94. The zero-order valence-corrected chi connectivity index (χ0v) is 7.72. The Morgan fingerprint density at radius 3 is 2.75 bits per heavy atom. The van der Waals surface area contributed by atoms with Crippen LogP contribution in [0, 0.1) is 0 Å². The molecule has 0 aliphatic heterocycles. The van der Waals surface area contributed by atoms with Gasteiger partial charge in [-0.2, -0.15) is 5.10 Å². The number of rotatable bonds is 3. The molecule has 1 atom stereocenters. The Hall–Kier alpha value is -0.880. The van der Waals surface area contributed by atoms with Crippen LogP contribution in [-0.2, 0) is 10.0 Å². The van der Waals surface area contributed by atoms with Gasteiger partial charge in [0.05, 0.1) is 5.69 Å². The van der Waals surface area contributed by atoms with Gasteiger partial charge in [-0.15, -0.1) is 0 Å². The third kappa shape index (κ3) is 1.64. The standard InChI is InChI=1S/C6H11N3O2S/c1-5(12(10,11)7-2)6-3-4-8-9-6/h3-5,7H,1-2H3,(H,8,9). The van der Waals surface area contributed by atoms with Crippen LogP contribution in [0.4, 0.5) is 0 Å². The average Bonchev–Trinajstić information content (AvgIpc) is 2.55. The molecule has 0 saturated carbocycles. The third-order valence-electron chi connectivity index (χ3n) is 1.71. The number of aromatic nitrogens is 2. The van der Waals surface area contributed by atoms with Gasteiger partial charge < -0.3 is 0 Å². The van der Waals surface area contributed by atoms with Crippen LogP contribution in [0.3, 0.4) is 0 Å². The van der Waals surface area contributed by atoms with Crippen molar-refractivity contribution in [2.75, 3.05) is 7.05 Å². The molecule has 1 heterocycles. The summed E-state index contributed by atoms with van der Waals surface area (Å²) in [4.78, 5) is 0. The fraction of sp³-hybridized carbons (Fsp3) is 0.500. The minimum atomic E-state index is -3.24. The van der Waals surface area contributed by atoms with Gasteiger partial charge in [0.2, 0.25) is 10.0 Å². The van der Waals surface area contributed by atoms with Crippen molar-refractivity contribution in [2.45, 2.75) is 12.2 Å². The van der Waals surface area contributed by atoms with Crippen molar-refractivity contribution < 1.29 is 8.42 Å². The summed E-state index contributed by atoms with van der Waals surface area (Å²) < 4.78 is 24.7. The first kappa shape index (κ1) is 9.21. The number of nitrogens with zero attached hydrogens (tertiary/aromatic N) is 1. The molecular weight excluding hydrogens is 178 g/mol. The SMILES string of the molecule is CNS(=O)(=O)C(C)c1ccn[nH]1. The van der Waals surface area contributed by atoms with Gasteiger partial charge in [0, 0.05) is 6.20 Å². The Bertz CT molecular complexity index is 330. The van der Waals surface area contributed by atoms with Gasteiger partial charge in [0.25, 0.3) is 0 Å². The first-order valence-electron chi connectivity index (χ1n) is 3.49. The van der Waals surface area contributed by atoms with Crippen LogP contribution in [0.25, 0.3) is 0 Å². The quantitative estimate of drug-likeness (QED) is 0.704. The highest BCUT2D eigenvalue weighted by atomic mass is 32.2. The Morgan fingerprint density at radius 2 is 2.33 bits per heavy atom. The molecule has 0 aliphatic carbocycles. The normalized spacial score (nSPS) is 14.5. The smallest absolute Gasteiger partial charge is 0.219 e. The van der Waals surface area contributed by atoms with E-state index in [4.69, 9.17) is 0 Å². The summed E-state index contributed by atoms with van der Waals surface area (Å²) >= 11 is 0. The van der Waals surface area contributed by atoms with E-state index in [1.807, 2.05) is 0 Å². The molecule has 0 fully saturated rings. The topological polar surface area (TPSA) is 74.8 Å². The second kappa shape index (κ2) is 3.24. The molecule has 0 saturated heterocycles. The van der Waals surface area contributed by atoms with Crippen molar-refractivity contribution in [3.63, 3.8) is 0 Å². The first-order valence-corrected chi connectivity index (χ1v) is 5.04. The van der Waals surface area contributed by atoms with E-state index in [-0.39, 0.29) is 0 Å². The second-order valence-corrected chi connectivity index (χ2v) is 4.61. The van der Waals surface area contributed by atoms with Gasteiger partial charge in [-0.25, -0.2) is 13.1 Å². The summed E-state index contributed by atoms with van der Waals surface area (Å²) in [6.45, 7) is 1.60. The van der Waals surface area contributed by atoms with Crippen LogP contribution in [0.5, 0.6) is 0 Å². The van der Waals surface area contributed by atoms with E-state index in [0.29, 0.717) is 5.69 Å². The molecule has 1 aromatic heterocycles. The highest BCUT2D eigenvalue weighted by Crippen LogP contribution is 2.16. The lowest BCUT2D eigenvalue weighted by Crippen LogP contribution is -2.24. The highest BCUT2D eigenvalue weighted by Gasteiger charge is 2.21. The van der Waals surface area contributed by atoms with E-state index in [1.54, 1.807) is 13.0 Å². The van der Waals surface area contributed by atoms with Gasteiger partial charge >= 0.3 is 0 Å². The van der Waals surface area contributed by atoms with Crippen LogP contribution in [0.15, 0.2) is 12.3 Å². The summed E-state index contributed by atoms with van der Waals surface area (Å²) in [6.07, 6.45) is 1.52. The maximum atomic E-state index is 11.2. The molecule has 12 heavy (non-hydrogen) atoms.